The Morgan fingerprint density at radius 1 is 1.53 bits per heavy atom. The Morgan fingerprint density at radius 3 is 2.79 bits per heavy atom. The molecule has 2 aromatic heterocycles. The maximum absolute atomic E-state index is 11.4. The zero-order valence-corrected chi connectivity index (χ0v) is 13.3. The van der Waals surface area contributed by atoms with Crippen molar-refractivity contribution >= 4 is 44.8 Å². The third kappa shape index (κ3) is 3.82. The number of nitrogens with two attached hydrogens (primary N) is 2. The van der Waals surface area contributed by atoms with E-state index >= 15 is 0 Å². The number of halogens is 1. The number of thioether (sulfide) groups is 1. The first-order valence-electron chi connectivity index (χ1n) is 5.48. The molecule has 0 fully saturated rings. The number of nitrogen functional groups attached to an aromatic ring is 1. The van der Waals surface area contributed by atoms with Crippen LogP contribution in [0.2, 0.25) is 0 Å². The van der Waals surface area contributed by atoms with Crippen LogP contribution in [0, 0.1) is 0 Å². The SMILES string of the molecule is CC(N)C(Sc1nc(N)cc(=O)[nH]1)c1cc(Br)cs1. The number of thiophene rings is 1. The molecule has 0 bridgehead atoms. The van der Waals surface area contributed by atoms with E-state index in [-0.39, 0.29) is 22.7 Å². The maximum Gasteiger partial charge on any atom is 0.253 e. The van der Waals surface area contributed by atoms with Gasteiger partial charge in [-0.1, -0.05) is 11.8 Å². The molecular weight excluding hydrogens is 348 g/mol. The zero-order chi connectivity index (χ0) is 14.0. The van der Waals surface area contributed by atoms with Crippen LogP contribution in [0.4, 0.5) is 5.82 Å². The van der Waals surface area contributed by atoms with Gasteiger partial charge in [-0.2, -0.15) is 0 Å². The summed E-state index contributed by atoms with van der Waals surface area (Å²) >= 11 is 6.45. The Hall–Kier alpha value is -0.830. The molecule has 0 aromatic carbocycles. The summed E-state index contributed by atoms with van der Waals surface area (Å²) in [6.07, 6.45) is 0. The van der Waals surface area contributed by atoms with Crippen molar-refractivity contribution in [3.05, 3.63) is 37.2 Å². The summed E-state index contributed by atoms with van der Waals surface area (Å²) in [6.45, 7) is 1.93. The Balaban J connectivity index is 2.28. The van der Waals surface area contributed by atoms with Crippen LogP contribution in [0.5, 0.6) is 0 Å². The van der Waals surface area contributed by atoms with Gasteiger partial charge in [0.2, 0.25) is 0 Å². The van der Waals surface area contributed by atoms with Gasteiger partial charge < -0.3 is 16.5 Å². The largest absolute Gasteiger partial charge is 0.383 e. The summed E-state index contributed by atoms with van der Waals surface area (Å²) in [7, 11) is 0. The van der Waals surface area contributed by atoms with Crippen molar-refractivity contribution in [1.82, 2.24) is 9.97 Å². The van der Waals surface area contributed by atoms with Crippen LogP contribution in [-0.4, -0.2) is 16.0 Å². The normalized spacial score (nSPS) is 14.3. The lowest BCUT2D eigenvalue weighted by molar-refractivity contribution is 0.726. The minimum absolute atomic E-state index is 0.0150. The smallest absolute Gasteiger partial charge is 0.253 e. The van der Waals surface area contributed by atoms with Crippen molar-refractivity contribution in [3.63, 3.8) is 0 Å². The Kier molecular flexibility index (Phi) is 4.67. The van der Waals surface area contributed by atoms with E-state index in [1.165, 1.54) is 17.8 Å². The highest BCUT2D eigenvalue weighted by Gasteiger charge is 2.21. The maximum atomic E-state index is 11.4. The lowest BCUT2D eigenvalue weighted by Crippen LogP contribution is -2.22. The zero-order valence-electron chi connectivity index (χ0n) is 10.1. The average Bonchev–Trinajstić information content (AvgIpc) is 2.70. The van der Waals surface area contributed by atoms with Crippen molar-refractivity contribution < 1.29 is 0 Å². The quantitative estimate of drug-likeness (QED) is 0.574. The lowest BCUT2D eigenvalue weighted by Gasteiger charge is -2.18. The van der Waals surface area contributed by atoms with Gasteiger partial charge in [0.1, 0.15) is 5.82 Å². The summed E-state index contributed by atoms with van der Waals surface area (Å²) in [5.74, 6) is 0.210. The number of hydrogen-bond donors (Lipinski definition) is 3. The summed E-state index contributed by atoms with van der Waals surface area (Å²) < 4.78 is 1.02. The fourth-order valence-corrected chi connectivity index (χ4v) is 4.34. The second kappa shape index (κ2) is 6.08. The topological polar surface area (TPSA) is 97.8 Å². The molecule has 2 heterocycles. The molecule has 0 saturated heterocycles. The Labute approximate surface area is 126 Å². The number of anilines is 1. The van der Waals surface area contributed by atoms with Gasteiger partial charge in [-0.05, 0) is 28.9 Å². The van der Waals surface area contributed by atoms with Crippen LogP contribution in [-0.2, 0) is 0 Å². The van der Waals surface area contributed by atoms with Crippen molar-refractivity contribution in [3.8, 4) is 0 Å². The molecule has 19 heavy (non-hydrogen) atoms. The predicted molar refractivity (Wildman–Crippen MR) is 83.5 cm³/mol. The van der Waals surface area contributed by atoms with E-state index in [1.54, 1.807) is 11.3 Å². The first kappa shape index (κ1) is 14.6. The molecule has 2 aromatic rings. The second-order valence-corrected chi connectivity index (χ2v) is 7.03. The van der Waals surface area contributed by atoms with Crippen molar-refractivity contribution in [1.29, 1.82) is 0 Å². The molecule has 0 aliphatic heterocycles. The molecule has 5 N–H and O–H groups in total. The van der Waals surface area contributed by atoms with Gasteiger partial charge in [0, 0.05) is 26.8 Å². The number of H-pyrrole nitrogens is 1. The number of nitrogens with zero attached hydrogens (tertiary/aromatic N) is 1. The monoisotopic (exact) mass is 360 g/mol. The van der Waals surface area contributed by atoms with Crippen LogP contribution in [0.25, 0.3) is 0 Å². The number of nitrogens with one attached hydrogen (secondary N) is 1. The van der Waals surface area contributed by atoms with E-state index in [1.807, 2.05) is 18.4 Å². The predicted octanol–water partition coefficient (Wildman–Crippen LogP) is 2.36. The van der Waals surface area contributed by atoms with Crippen molar-refractivity contribution in [2.45, 2.75) is 23.4 Å². The molecule has 0 aliphatic rings. The van der Waals surface area contributed by atoms with E-state index in [0.29, 0.717) is 5.16 Å². The molecule has 0 aliphatic carbocycles. The summed E-state index contributed by atoms with van der Waals surface area (Å²) in [4.78, 5) is 19.3. The summed E-state index contributed by atoms with van der Waals surface area (Å²) in [6, 6.07) is 3.20. The van der Waals surface area contributed by atoms with Gasteiger partial charge in [0.25, 0.3) is 5.56 Å². The summed E-state index contributed by atoms with van der Waals surface area (Å²) in [5.41, 5.74) is 11.3. The van der Waals surface area contributed by atoms with Gasteiger partial charge in [0.05, 0.1) is 5.25 Å². The minimum Gasteiger partial charge on any atom is -0.383 e. The second-order valence-electron chi connectivity index (χ2n) is 4.04. The first-order valence-corrected chi connectivity index (χ1v) is 8.04. The van der Waals surface area contributed by atoms with Crippen LogP contribution >= 0.6 is 39.0 Å². The van der Waals surface area contributed by atoms with Crippen molar-refractivity contribution in [2.24, 2.45) is 5.73 Å². The number of hydrogen-bond acceptors (Lipinski definition) is 6. The fraction of sp³-hybridized carbons (Fsp3) is 0.273. The Morgan fingerprint density at radius 2 is 2.26 bits per heavy atom. The molecule has 2 unspecified atom stereocenters. The highest BCUT2D eigenvalue weighted by Crippen LogP contribution is 2.39. The van der Waals surface area contributed by atoms with Crippen LogP contribution in [0.1, 0.15) is 17.1 Å². The number of aromatic nitrogens is 2. The molecule has 0 saturated carbocycles. The molecule has 2 atom stereocenters. The minimum atomic E-state index is -0.259. The fourth-order valence-electron chi connectivity index (χ4n) is 1.53. The van der Waals surface area contributed by atoms with E-state index in [9.17, 15) is 4.79 Å². The Bertz CT molecular complexity index is 625. The van der Waals surface area contributed by atoms with E-state index in [0.717, 1.165) is 9.35 Å². The van der Waals surface area contributed by atoms with E-state index in [4.69, 9.17) is 11.5 Å². The lowest BCUT2D eigenvalue weighted by atomic mass is 10.2. The highest BCUT2D eigenvalue weighted by atomic mass is 79.9. The third-order valence-electron chi connectivity index (χ3n) is 2.32. The van der Waals surface area contributed by atoms with Crippen LogP contribution in [0.15, 0.2) is 31.9 Å². The van der Waals surface area contributed by atoms with Crippen LogP contribution in [0.3, 0.4) is 0 Å². The number of aromatic amines is 1. The molecule has 5 nitrogen and oxygen atoms in total. The molecule has 102 valence electrons. The van der Waals surface area contributed by atoms with Gasteiger partial charge >= 0.3 is 0 Å². The molecule has 0 spiro atoms. The molecule has 2 rings (SSSR count). The van der Waals surface area contributed by atoms with Crippen molar-refractivity contribution in [2.75, 3.05) is 5.73 Å². The molecular formula is C11H13BrN4OS2. The van der Waals surface area contributed by atoms with Gasteiger partial charge in [-0.15, -0.1) is 11.3 Å². The van der Waals surface area contributed by atoms with E-state index in [2.05, 4.69) is 25.9 Å². The highest BCUT2D eigenvalue weighted by molar-refractivity contribution is 9.10. The molecule has 0 amide bonds. The average molecular weight is 361 g/mol. The number of rotatable bonds is 4. The van der Waals surface area contributed by atoms with Crippen LogP contribution < -0.4 is 17.0 Å². The van der Waals surface area contributed by atoms with Gasteiger partial charge in [-0.25, -0.2) is 4.98 Å². The summed E-state index contributed by atoms with van der Waals surface area (Å²) in [5, 5.41) is 2.50. The third-order valence-corrected chi connectivity index (χ3v) is 5.60. The molecule has 0 radical (unpaired) electrons. The first-order chi connectivity index (χ1) is 8.95. The molecule has 8 heteroatoms. The standard InChI is InChI=1S/C11H13BrN4OS2/c1-5(13)10(7-2-6(12)4-18-7)19-11-15-8(14)3-9(17)16-11/h2-5,10H,13H2,1H3,(H3,14,15,16,17). The van der Waals surface area contributed by atoms with Gasteiger partial charge in [0.15, 0.2) is 5.16 Å². The van der Waals surface area contributed by atoms with Gasteiger partial charge in [-0.3, -0.25) is 4.79 Å². The van der Waals surface area contributed by atoms with E-state index < -0.39 is 0 Å².